The topological polar surface area (TPSA) is 74.2 Å². The Morgan fingerprint density at radius 3 is 3.00 bits per heavy atom. The van der Waals surface area contributed by atoms with Gasteiger partial charge in [-0.3, -0.25) is 9.69 Å². The highest BCUT2D eigenvalue weighted by Crippen LogP contribution is 2.22. The summed E-state index contributed by atoms with van der Waals surface area (Å²) < 4.78 is 8.48. The molecule has 1 aliphatic rings. The van der Waals surface area contributed by atoms with Crippen LogP contribution in [0.2, 0.25) is 0 Å². The fourth-order valence-electron chi connectivity index (χ4n) is 3.11. The van der Waals surface area contributed by atoms with Gasteiger partial charge in [0.05, 0.1) is 29.7 Å². The highest BCUT2D eigenvalue weighted by molar-refractivity contribution is 7.13. The monoisotopic (exact) mass is 388 g/mol. The van der Waals surface area contributed by atoms with Crippen molar-refractivity contribution in [3.63, 3.8) is 0 Å². The zero-order valence-electron chi connectivity index (χ0n) is 14.5. The lowest BCUT2D eigenvalue weighted by Crippen LogP contribution is -2.36. The molecule has 1 amide bonds. The Morgan fingerprint density at radius 2 is 2.15 bits per heavy atom. The maximum absolute atomic E-state index is 12.5. The quantitative estimate of drug-likeness (QED) is 0.741. The van der Waals surface area contributed by atoms with Crippen LogP contribution in [0.1, 0.15) is 12.1 Å². The van der Waals surface area contributed by atoms with E-state index >= 15 is 0 Å². The van der Waals surface area contributed by atoms with Crippen molar-refractivity contribution in [2.24, 2.45) is 0 Å². The number of amides is 1. The van der Waals surface area contributed by atoms with Crippen molar-refractivity contribution in [1.29, 1.82) is 0 Å². The molecule has 0 bridgehead atoms. The Morgan fingerprint density at radius 1 is 1.23 bits per heavy atom. The first-order chi connectivity index (χ1) is 12.7. The molecule has 0 aliphatic carbocycles. The third-order valence-electron chi connectivity index (χ3n) is 4.39. The predicted octanol–water partition coefficient (Wildman–Crippen LogP) is 2.61. The number of benzene rings is 1. The Kier molecular flexibility index (Phi) is 5.09. The van der Waals surface area contributed by atoms with Crippen LogP contribution in [0.4, 0.5) is 10.8 Å². The van der Waals surface area contributed by atoms with E-state index in [-0.39, 0.29) is 5.91 Å². The predicted molar refractivity (Wildman–Crippen MR) is 106 cm³/mol. The van der Waals surface area contributed by atoms with Gasteiger partial charge in [0.15, 0.2) is 5.13 Å². The number of hydrogen-bond acceptors (Lipinski definition) is 8. The lowest BCUT2D eigenvalue weighted by atomic mass is 10.2. The van der Waals surface area contributed by atoms with E-state index in [1.165, 1.54) is 0 Å². The standard InChI is InChI=1S/C17H20N6OS2/c1-12-11-25-17(18-12)23-7-3-6-22(8-9-23)10-15(24)19-13-4-2-5-14-16(13)21-26-20-14/h2,4-5,11H,3,6-10H2,1H3,(H,19,24). The summed E-state index contributed by atoms with van der Waals surface area (Å²) in [6, 6.07) is 5.66. The Bertz CT molecular complexity index is 907. The summed E-state index contributed by atoms with van der Waals surface area (Å²) in [4.78, 5) is 21.6. The number of fused-ring (bicyclic) bond motifs is 1. The van der Waals surface area contributed by atoms with Crippen molar-refractivity contribution in [3.8, 4) is 0 Å². The molecule has 0 saturated carbocycles. The van der Waals surface area contributed by atoms with Gasteiger partial charge in [-0.05, 0) is 25.5 Å². The fourth-order valence-corrected chi connectivity index (χ4v) is 4.51. The van der Waals surface area contributed by atoms with Crippen molar-refractivity contribution >= 4 is 50.8 Å². The summed E-state index contributed by atoms with van der Waals surface area (Å²) in [7, 11) is 0. The van der Waals surface area contributed by atoms with E-state index in [1.54, 1.807) is 11.3 Å². The number of carbonyl (C=O) groups is 1. The second-order valence-corrected chi connectivity index (χ2v) is 7.74. The van der Waals surface area contributed by atoms with Crippen LogP contribution in [0.5, 0.6) is 0 Å². The lowest BCUT2D eigenvalue weighted by molar-refractivity contribution is -0.117. The van der Waals surface area contributed by atoms with Crippen molar-refractivity contribution in [2.45, 2.75) is 13.3 Å². The second kappa shape index (κ2) is 7.65. The molecule has 1 aliphatic heterocycles. The van der Waals surface area contributed by atoms with Crippen LogP contribution in [0.3, 0.4) is 0 Å². The number of hydrogen-bond donors (Lipinski definition) is 1. The third-order valence-corrected chi connectivity index (χ3v) is 5.96. The summed E-state index contributed by atoms with van der Waals surface area (Å²) in [6.07, 6.45) is 1.03. The van der Waals surface area contributed by atoms with Crippen LogP contribution in [-0.2, 0) is 4.79 Å². The van der Waals surface area contributed by atoms with Gasteiger partial charge < -0.3 is 10.2 Å². The summed E-state index contributed by atoms with van der Waals surface area (Å²) in [6.45, 7) is 6.05. The van der Waals surface area contributed by atoms with Gasteiger partial charge in [-0.1, -0.05) is 6.07 Å². The zero-order valence-corrected chi connectivity index (χ0v) is 16.1. The normalized spacial score (nSPS) is 16.0. The molecule has 136 valence electrons. The second-order valence-electron chi connectivity index (χ2n) is 6.37. The van der Waals surface area contributed by atoms with Crippen LogP contribution >= 0.6 is 23.1 Å². The van der Waals surface area contributed by atoms with Gasteiger partial charge in [0.2, 0.25) is 5.91 Å². The summed E-state index contributed by atoms with van der Waals surface area (Å²) in [5.41, 5.74) is 3.37. The molecule has 9 heteroatoms. The molecule has 1 saturated heterocycles. The highest BCUT2D eigenvalue weighted by Gasteiger charge is 2.19. The number of carbonyl (C=O) groups excluding carboxylic acids is 1. The number of anilines is 2. The number of thiazole rings is 1. The van der Waals surface area contributed by atoms with E-state index in [2.05, 4.69) is 34.2 Å². The van der Waals surface area contributed by atoms with Crippen LogP contribution in [0.15, 0.2) is 23.6 Å². The summed E-state index contributed by atoms with van der Waals surface area (Å²) in [5.74, 6) is -0.0101. The van der Waals surface area contributed by atoms with E-state index in [9.17, 15) is 4.79 Å². The minimum Gasteiger partial charge on any atom is -0.347 e. The van der Waals surface area contributed by atoms with Crippen LogP contribution in [-0.4, -0.2) is 57.3 Å². The average molecular weight is 389 g/mol. The molecular weight excluding hydrogens is 368 g/mol. The lowest BCUT2D eigenvalue weighted by Gasteiger charge is -2.21. The Hall–Kier alpha value is -2.10. The molecule has 7 nitrogen and oxygen atoms in total. The number of nitrogens with one attached hydrogen (secondary N) is 1. The molecule has 0 radical (unpaired) electrons. The zero-order chi connectivity index (χ0) is 17.9. The third kappa shape index (κ3) is 3.84. The Balaban J connectivity index is 1.35. The van der Waals surface area contributed by atoms with Gasteiger partial charge in [-0.15, -0.1) is 11.3 Å². The smallest absolute Gasteiger partial charge is 0.238 e. The SMILES string of the molecule is Cc1csc(N2CCCN(CC(=O)Nc3cccc4nsnc34)CC2)n1. The molecule has 0 unspecified atom stereocenters. The number of rotatable bonds is 4. The molecule has 26 heavy (non-hydrogen) atoms. The maximum Gasteiger partial charge on any atom is 0.238 e. The van der Waals surface area contributed by atoms with E-state index in [1.807, 2.05) is 25.1 Å². The maximum atomic E-state index is 12.5. The van der Waals surface area contributed by atoms with Gasteiger partial charge in [0.25, 0.3) is 0 Å². The first-order valence-electron chi connectivity index (χ1n) is 8.59. The molecule has 1 N–H and O–H groups in total. The van der Waals surface area contributed by atoms with Crippen molar-refractivity contribution in [1.82, 2.24) is 18.6 Å². The molecule has 4 rings (SSSR count). The average Bonchev–Trinajstić information content (AvgIpc) is 3.21. The molecule has 0 spiro atoms. The van der Waals surface area contributed by atoms with Crippen LogP contribution in [0, 0.1) is 6.92 Å². The molecule has 1 fully saturated rings. The van der Waals surface area contributed by atoms with Gasteiger partial charge >= 0.3 is 0 Å². The molecule has 2 aromatic heterocycles. The van der Waals surface area contributed by atoms with Crippen molar-refractivity contribution in [3.05, 3.63) is 29.3 Å². The Labute approximate surface area is 160 Å². The minimum absolute atomic E-state index is 0.0101. The highest BCUT2D eigenvalue weighted by atomic mass is 32.1. The fraction of sp³-hybridized carbons (Fsp3) is 0.412. The van der Waals surface area contributed by atoms with Crippen LogP contribution < -0.4 is 10.2 Å². The van der Waals surface area contributed by atoms with E-state index in [4.69, 9.17) is 0 Å². The first kappa shape index (κ1) is 17.3. The van der Waals surface area contributed by atoms with Crippen LogP contribution in [0.25, 0.3) is 11.0 Å². The first-order valence-corrected chi connectivity index (χ1v) is 10.2. The van der Waals surface area contributed by atoms with Crippen molar-refractivity contribution in [2.75, 3.05) is 42.9 Å². The molecule has 3 heterocycles. The largest absolute Gasteiger partial charge is 0.347 e. The van der Waals surface area contributed by atoms with E-state index in [0.717, 1.165) is 71.9 Å². The van der Waals surface area contributed by atoms with Gasteiger partial charge in [0, 0.05) is 31.6 Å². The van der Waals surface area contributed by atoms with Crippen molar-refractivity contribution < 1.29 is 4.79 Å². The number of nitrogens with zero attached hydrogens (tertiary/aromatic N) is 5. The summed E-state index contributed by atoms with van der Waals surface area (Å²) >= 11 is 2.85. The number of aromatic nitrogens is 3. The molecule has 3 aromatic rings. The molecule has 0 atom stereocenters. The van der Waals surface area contributed by atoms with Gasteiger partial charge in [-0.25, -0.2) is 4.98 Å². The van der Waals surface area contributed by atoms with Gasteiger partial charge in [-0.2, -0.15) is 8.75 Å². The number of aryl methyl sites for hydroxylation is 1. The molecule has 1 aromatic carbocycles. The van der Waals surface area contributed by atoms with E-state index in [0.29, 0.717) is 6.54 Å². The minimum atomic E-state index is -0.0101. The van der Waals surface area contributed by atoms with E-state index < -0.39 is 0 Å². The molecular formula is C17H20N6OS2. The van der Waals surface area contributed by atoms with Gasteiger partial charge in [0.1, 0.15) is 11.0 Å². The summed E-state index contributed by atoms with van der Waals surface area (Å²) in [5, 5.41) is 6.15.